The highest BCUT2D eigenvalue weighted by atomic mass is 35.5. The number of amides is 4. The number of ether oxygens (including phenoxy) is 6. The molecule has 98 heavy (non-hydrogen) atoms. The summed E-state index contributed by atoms with van der Waals surface area (Å²) in [4.78, 5) is 104. The van der Waals surface area contributed by atoms with Gasteiger partial charge < -0.3 is 107 Å². The van der Waals surface area contributed by atoms with Crippen LogP contribution < -0.4 is 46.9 Å². The SMILES string of the molecule is CNC(CC(C)C)C(=O)NC1C(=O)CC(CC(N)=O)C(=O)NC2C(=O)CC3C(=O)CC(C(=O)NCc4cc(O)cc(O)c4-c4cc3ccc4O)C(O)c3ccc(c(Cl)c3)Oc3cc2cc(c3OC2OC(CO)C(O)C(O)C2OC2CC(C)(N)C(O)C(C)O2)Oc2ccc(cc2Cl)C1O. The van der Waals surface area contributed by atoms with Crippen molar-refractivity contribution in [3.63, 3.8) is 0 Å². The number of hydrogen-bond donors (Lipinski definition) is 15. The van der Waals surface area contributed by atoms with E-state index in [0.29, 0.717) is 0 Å². The lowest BCUT2D eigenvalue weighted by molar-refractivity contribution is -0.333. The number of carbonyl (C=O) groups is 7. The third-order valence-electron chi connectivity index (χ3n) is 18.3. The van der Waals surface area contributed by atoms with Gasteiger partial charge in [0.05, 0.1) is 52.8 Å². The molecule has 28 nitrogen and oxygen atoms in total. The second-order valence-electron chi connectivity index (χ2n) is 26.1. The molecule has 0 aliphatic carbocycles. The molecule has 7 heterocycles. The van der Waals surface area contributed by atoms with Crippen molar-refractivity contribution in [3.8, 4) is 57.1 Å². The van der Waals surface area contributed by atoms with Crippen molar-refractivity contribution < 1.29 is 108 Å². The van der Waals surface area contributed by atoms with E-state index < -0.39 is 217 Å². The first-order valence-corrected chi connectivity index (χ1v) is 32.5. The fraction of sp³-hybridized carbons (Fsp3) is 0.456. The van der Waals surface area contributed by atoms with Crippen LogP contribution in [0.5, 0.6) is 46.0 Å². The van der Waals surface area contributed by atoms with Crippen LogP contribution in [-0.4, -0.2) is 167 Å². The molecule has 17 N–H and O–H groups in total. The second-order valence-corrected chi connectivity index (χ2v) is 26.9. The molecule has 0 aromatic heterocycles. The molecule has 526 valence electrons. The first-order valence-electron chi connectivity index (χ1n) is 31.7. The van der Waals surface area contributed by atoms with E-state index in [9.17, 15) is 65.1 Å². The predicted octanol–water partition coefficient (Wildman–Crippen LogP) is 3.55. The zero-order valence-electron chi connectivity index (χ0n) is 53.7. The predicted molar refractivity (Wildman–Crippen MR) is 346 cm³/mol. The van der Waals surface area contributed by atoms with E-state index in [0.717, 1.165) is 18.2 Å². The molecule has 2 fully saturated rings. The average Bonchev–Trinajstić information content (AvgIpc) is 0.777. The molecular formula is C68H78Cl2N6O22. The van der Waals surface area contributed by atoms with E-state index in [-0.39, 0.29) is 79.2 Å². The number of likely N-dealkylation sites (N-methyl/N-ethyl adjacent to an activating group) is 1. The summed E-state index contributed by atoms with van der Waals surface area (Å²) in [6, 6.07) is 10.9. The molecule has 4 amide bonds. The number of phenolic OH excluding ortho intramolecular Hbond substituents is 3. The summed E-state index contributed by atoms with van der Waals surface area (Å²) in [6.07, 6.45) is -20.1. The molecule has 5 aromatic carbocycles. The maximum Gasteiger partial charge on any atom is 0.237 e. The smallest absolute Gasteiger partial charge is 0.237 e. The van der Waals surface area contributed by atoms with Gasteiger partial charge in [0, 0.05) is 67.3 Å². The minimum absolute atomic E-state index is 0.0254. The molecule has 17 atom stereocenters. The van der Waals surface area contributed by atoms with E-state index in [2.05, 4.69) is 21.3 Å². The van der Waals surface area contributed by atoms with Gasteiger partial charge in [-0.2, -0.15) is 0 Å². The minimum Gasteiger partial charge on any atom is -0.508 e. The number of Topliss-reactive ketones (excluding diaryl/α,β-unsaturated/α-hetero) is 3. The summed E-state index contributed by atoms with van der Waals surface area (Å²) >= 11 is 14.2. The average molecular weight is 1400 g/mol. The van der Waals surface area contributed by atoms with Crippen LogP contribution in [0.1, 0.15) is 118 Å². The van der Waals surface area contributed by atoms with Crippen molar-refractivity contribution in [3.05, 3.63) is 117 Å². The molecule has 0 spiro atoms. The summed E-state index contributed by atoms with van der Waals surface area (Å²) in [7, 11) is 1.51. The zero-order valence-corrected chi connectivity index (χ0v) is 55.2. The van der Waals surface area contributed by atoms with Gasteiger partial charge in [0.15, 0.2) is 35.5 Å². The second kappa shape index (κ2) is 29.8. The van der Waals surface area contributed by atoms with Crippen LogP contribution in [0.4, 0.5) is 0 Å². The molecule has 0 radical (unpaired) electrons. The Bertz CT molecular complexity index is 3910. The van der Waals surface area contributed by atoms with Crippen LogP contribution in [0.15, 0.2) is 78.9 Å². The van der Waals surface area contributed by atoms with E-state index in [1.54, 1.807) is 0 Å². The van der Waals surface area contributed by atoms with Crippen LogP contribution in [0, 0.1) is 17.8 Å². The summed E-state index contributed by atoms with van der Waals surface area (Å²) in [5.74, 6) is -15.8. The number of nitrogens with two attached hydrogens (primary N) is 2. The number of hydrogen-bond acceptors (Lipinski definition) is 24. The van der Waals surface area contributed by atoms with Crippen LogP contribution in [0.2, 0.25) is 10.0 Å². The highest BCUT2D eigenvalue weighted by Gasteiger charge is 2.51. The van der Waals surface area contributed by atoms with E-state index in [4.69, 9.17) is 63.1 Å². The van der Waals surface area contributed by atoms with Crippen molar-refractivity contribution in [2.24, 2.45) is 29.2 Å². The van der Waals surface area contributed by atoms with Crippen LogP contribution in [0.25, 0.3) is 11.1 Å². The fourth-order valence-electron chi connectivity index (χ4n) is 13.0. The number of halogens is 2. The Morgan fingerprint density at radius 3 is 2.00 bits per heavy atom. The van der Waals surface area contributed by atoms with Gasteiger partial charge in [-0.15, -0.1) is 0 Å². The lowest BCUT2D eigenvalue weighted by Gasteiger charge is -2.47. The maximum atomic E-state index is 16.1. The number of aliphatic hydroxyl groups is 6. The molecule has 11 bridgehead atoms. The Labute approximate surface area is 571 Å². The zero-order chi connectivity index (χ0) is 71.1. The Morgan fingerprint density at radius 2 is 1.40 bits per heavy atom. The van der Waals surface area contributed by atoms with Gasteiger partial charge in [0.25, 0.3) is 0 Å². The third-order valence-corrected chi connectivity index (χ3v) is 18.9. The number of nitrogens with one attached hydrogen (secondary N) is 4. The van der Waals surface area contributed by atoms with Gasteiger partial charge in [-0.25, -0.2) is 0 Å². The number of aromatic hydroxyl groups is 3. The van der Waals surface area contributed by atoms with E-state index in [1.165, 1.54) is 81.6 Å². The topological polar surface area (TPSA) is 457 Å². The van der Waals surface area contributed by atoms with Crippen LogP contribution >= 0.6 is 23.2 Å². The van der Waals surface area contributed by atoms with Gasteiger partial charge >= 0.3 is 0 Å². The van der Waals surface area contributed by atoms with Gasteiger partial charge in [0.1, 0.15) is 71.0 Å². The van der Waals surface area contributed by atoms with Crippen molar-refractivity contribution in [1.29, 1.82) is 0 Å². The Kier molecular flexibility index (Phi) is 22.1. The van der Waals surface area contributed by atoms with Crippen LogP contribution in [-0.2, 0) is 54.3 Å². The number of ketones is 3. The summed E-state index contributed by atoms with van der Waals surface area (Å²) in [6.45, 7) is 5.38. The van der Waals surface area contributed by atoms with Gasteiger partial charge in [-0.3, -0.25) is 33.6 Å². The Hall–Kier alpha value is -8.07. The largest absolute Gasteiger partial charge is 0.508 e. The number of benzene rings is 5. The van der Waals surface area contributed by atoms with Crippen LogP contribution in [0.3, 0.4) is 0 Å². The highest BCUT2D eigenvalue weighted by molar-refractivity contribution is 6.32. The molecule has 0 saturated carbocycles. The minimum atomic E-state index is -2.09. The Balaban J connectivity index is 1.23. The summed E-state index contributed by atoms with van der Waals surface area (Å²) in [5, 5.41) is 113. The first-order chi connectivity index (χ1) is 46.3. The van der Waals surface area contributed by atoms with Crippen molar-refractivity contribution >= 4 is 64.2 Å². The standard InChI is InChI=1S/C68H78Cl2N6O22/c1-27(2)12-41(73-5)66(92)76-56-45(82)17-33(20-52(71)84)64(90)75-55-32-18-49(61(50(19-32)95-48-11-8-31(58(56)86)16-40(48)70)98-67-62(60(88)59(87)51(26-77)96-67)97-53-24-68(4,72)63(89)28(3)93-53)94-47-10-7-30(15-39(47)69)57(85)38-23-43(80)36(22-46(55)83)29-6-9-42(79)37(14-29)54-34(25-74-65(38)91)13-35(78)21-44(54)81/h6-11,13-16,18-19,21,27-28,33,36,38,41,51,53,55-60,62-63,67,73,77-79,81,85-89H,12,17,20,22-26,72H2,1-5H3,(H2,71,84)(H,74,91)(H,75,90)(H,76,92). The number of primary amides is 1. The fourth-order valence-corrected chi connectivity index (χ4v) is 13.5. The summed E-state index contributed by atoms with van der Waals surface area (Å²) in [5.41, 5.74) is 10.3. The molecular weight excluding hydrogens is 1320 g/mol. The lowest BCUT2D eigenvalue weighted by Crippen LogP contribution is -2.64. The highest BCUT2D eigenvalue weighted by Crippen LogP contribution is 2.50. The Morgan fingerprint density at radius 1 is 0.755 bits per heavy atom. The first kappa shape index (κ1) is 72.7. The molecule has 2 saturated heterocycles. The number of fused-ring (bicyclic) bond motifs is 15. The van der Waals surface area contributed by atoms with E-state index >= 15 is 14.4 Å². The number of rotatable bonds is 12. The van der Waals surface area contributed by atoms with Gasteiger partial charge in [0.2, 0.25) is 35.7 Å². The normalized spacial score (nSPS) is 29.5. The quantitative estimate of drug-likeness (QED) is 0.0849. The van der Waals surface area contributed by atoms with Crippen molar-refractivity contribution in [2.45, 2.75) is 164 Å². The number of aliphatic hydroxyl groups excluding tert-OH is 6. The molecule has 17 unspecified atom stereocenters. The summed E-state index contributed by atoms with van der Waals surface area (Å²) < 4.78 is 38.6. The molecule has 7 aliphatic rings. The number of carbonyl (C=O) groups excluding carboxylic acids is 7. The van der Waals surface area contributed by atoms with Gasteiger partial charge in [-0.05, 0) is 116 Å². The molecule has 30 heteroatoms. The molecule has 5 aromatic rings. The van der Waals surface area contributed by atoms with Gasteiger partial charge in [-0.1, -0.05) is 55.2 Å². The van der Waals surface area contributed by atoms with Crippen molar-refractivity contribution in [2.75, 3.05) is 13.7 Å². The monoisotopic (exact) mass is 1400 g/mol. The van der Waals surface area contributed by atoms with E-state index in [1.807, 2.05) is 13.8 Å². The lowest BCUT2D eigenvalue weighted by atomic mass is 9.80. The maximum absolute atomic E-state index is 16.1. The molecule has 12 rings (SSSR count). The molecule has 7 aliphatic heterocycles. The number of phenols is 3. The third kappa shape index (κ3) is 15.5. The van der Waals surface area contributed by atoms with Crippen molar-refractivity contribution in [1.82, 2.24) is 21.3 Å².